The second kappa shape index (κ2) is 5.75. The van der Waals surface area contributed by atoms with Gasteiger partial charge in [-0.3, -0.25) is 4.79 Å². The molecule has 0 bridgehead atoms. The van der Waals surface area contributed by atoms with E-state index >= 15 is 0 Å². The van der Waals surface area contributed by atoms with Gasteiger partial charge >= 0.3 is 5.97 Å². The van der Waals surface area contributed by atoms with Crippen molar-refractivity contribution in [1.29, 1.82) is 0 Å². The van der Waals surface area contributed by atoms with Crippen LogP contribution in [-0.2, 0) is 14.8 Å². The molecule has 1 aromatic heterocycles. The Hall–Kier alpha value is -0.440. The number of thiophene rings is 1. The molecule has 112 valence electrons. The highest BCUT2D eigenvalue weighted by Crippen LogP contribution is 2.35. The fourth-order valence-corrected chi connectivity index (χ4v) is 6.35. The highest BCUT2D eigenvalue weighted by atomic mass is 79.9. The van der Waals surface area contributed by atoms with Gasteiger partial charge in [0, 0.05) is 12.6 Å². The van der Waals surface area contributed by atoms with Crippen LogP contribution in [0.4, 0.5) is 0 Å². The summed E-state index contributed by atoms with van der Waals surface area (Å²) in [5.41, 5.74) is 0.869. The Kier molecular flexibility index (Phi) is 4.58. The van der Waals surface area contributed by atoms with Crippen LogP contribution in [0.25, 0.3) is 0 Å². The minimum Gasteiger partial charge on any atom is -0.481 e. The first-order valence-electron chi connectivity index (χ1n) is 6.24. The summed E-state index contributed by atoms with van der Waals surface area (Å²) in [4.78, 5) is 11.1. The van der Waals surface area contributed by atoms with Crippen molar-refractivity contribution in [2.75, 3.05) is 6.54 Å². The van der Waals surface area contributed by atoms with E-state index in [1.54, 1.807) is 6.07 Å². The Morgan fingerprint density at radius 2 is 2.15 bits per heavy atom. The van der Waals surface area contributed by atoms with E-state index in [1.807, 2.05) is 13.8 Å². The zero-order valence-electron chi connectivity index (χ0n) is 11.2. The normalized spacial score (nSPS) is 24.8. The first-order valence-corrected chi connectivity index (χ1v) is 9.29. The molecule has 0 radical (unpaired) electrons. The van der Waals surface area contributed by atoms with Crippen LogP contribution in [0.3, 0.4) is 0 Å². The first-order chi connectivity index (χ1) is 9.23. The minimum atomic E-state index is -3.62. The summed E-state index contributed by atoms with van der Waals surface area (Å²) in [7, 11) is -3.62. The van der Waals surface area contributed by atoms with Crippen molar-refractivity contribution < 1.29 is 18.3 Å². The van der Waals surface area contributed by atoms with Gasteiger partial charge in [-0.25, -0.2) is 8.42 Å². The molecule has 1 saturated heterocycles. The van der Waals surface area contributed by atoms with E-state index in [1.165, 1.54) is 15.6 Å². The molecule has 0 amide bonds. The zero-order valence-corrected chi connectivity index (χ0v) is 14.4. The highest BCUT2D eigenvalue weighted by molar-refractivity contribution is 9.11. The van der Waals surface area contributed by atoms with E-state index < -0.39 is 21.9 Å². The summed E-state index contributed by atoms with van der Waals surface area (Å²) in [6, 6.07) is 1.46. The summed E-state index contributed by atoms with van der Waals surface area (Å²) in [6.07, 6.45) is 1.09. The standard InChI is InChI=1S/C12H16BrNO4S2/c1-7-5-10(19-11(7)13)20(17,18)14-6-9(12(15)16)4-3-8(14)2/h5,8-9H,3-4,6H2,1-2H3,(H,15,16). The molecule has 2 atom stereocenters. The quantitative estimate of drug-likeness (QED) is 0.872. The molecule has 0 saturated carbocycles. The lowest BCUT2D eigenvalue weighted by Crippen LogP contribution is -2.47. The van der Waals surface area contributed by atoms with Crippen molar-refractivity contribution in [3.05, 3.63) is 15.4 Å². The maximum atomic E-state index is 12.7. The molecule has 2 unspecified atom stereocenters. The molecular weight excluding hydrogens is 366 g/mol. The van der Waals surface area contributed by atoms with Gasteiger partial charge in [-0.2, -0.15) is 4.31 Å². The molecule has 0 aromatic carbocycles. The lowest BCUT2D eigenvalue weighted by molar-refractivity contribution is -0.143. The summed E-state index contributed by atoms with van der Waals surface area (Å²) >= 11 is 4.49. The molecule has 5 nitrogen and oxygen atoms in total. The van der Waals surface area contributed by atoms with Gasteiger partial charge in [0.15, 0.2) is 0 Å². The zero-order chi connectivity index (χ0) is 15.1. The molecule has 0 spiro atoms. The van der Waals surface area contributed by atoms with Crippen LogP contribution < -0.4 is 0 Å². The predicted octanol–water partition coefficient (Wildman–Crippen LogP) is 2.69. The number of rotatable bonds is 3. The fraction of sp³-hybridized carbons (Fsp3) is 0.583. The molecule has 20 heavy (non-hydrogen) atoms. The SMILES string of the molecule is Cc1cc(S(=O)(=O)N2CC(C(=O)O)CCC2C)sc1Br. The molecule has 1 fully saturated rings. The van der Waals surface area contributed by atoms with Gasteiger partial charge < -0.3 is 5.11 Å². The van der Waals surface area contributed by atoms with E-state index in [0.29, 0.717) is 12.8 Å². The number of halogens is 1. The van der Waals surface area contributed by atoms with Gasteiger partial charge in [0.25, 0.3) is 10.0 Å². The van der Waals surface area contributed by atoms with E-state index in [-0.39, 0.29) is 16.8 Å². The Labute approximate surface area is 130 Å². The number of carbonyl (C=O) groups is 1. The van der Waals surface area contributed by atoms with Crippen LogP contribution in [0.1, 0.15) is 25.3 Å². The first kappa shape index (κ1) is 15.9. The number of hydrogen-bond donors (Lipinski definition) is 1. The third kappa shape index (κ3) is 2.93. The van der Waals surface area contributed by atoms with Crippen molar-refractivity contribution in [3.63, 3.8) is 0 Å². The molecule has 2 rings (SSSR count). The molecule has 1 aromatic rings. The minimum absolute atomic E-state index is 0.0490. The number of aryl methyl sites for hydroxylation is 1. The van der Waals surface area contributed by atoms with Gasteiger partial charge in [-0.15, -0.1) is 11.3 Å². The lowest BCUT2D eigenvalue weighted by atomic mass is 9.96. The van der Waals surface area contributed by atoms with Crippen molar-refractivity contribution in [3.8, 4) is 0 Å². The molecule has 1 N–H and O–H groups in total. The van der Waals surface area contributed by atoms with Crippen LogP contribution >= 0.6 is 27.3 Å². The number of nitrogens with zero attached hydrogens (tertiary/aromatic N) is 1. The summed E-state index contributed by atoms with van der Waals surface area (Å²) in [5, 5.41) is 9.10. The van der Waals surface area contributed by atoms with E-state index in [9.17, 15) is 13.2 Å². The fourth-order valence-electron chi connectivity index (χ4n) is 2.29. The van der Waals surface area contributed by atoms with Crippen molar-refractivity contribution >= 4 is 43.3 Å². The third-order valence-electron chi connectivity index (χ3n) is 3.57. The summed E-state index contributed by atoms with van der Waals surface area (Å²) in [5.74, 6) is -1.55. The number of carboxylic acid groups (broad SMARTS) is 1. The molecule has 8 heteroatoms. The van der Waals surface area contributed by atoms with E-state index in [0.717, 1.165) is 9.35 Å². The van der Waals surface area contributed by atoms with Crippen molar-refractivity contribution in [1.82, 2.24) is 4.31 Å². The Morgan fingerprint density at radius 3 is 2.65 bits per heavy atom. The monoisotopic (exact) mass is 381 g/mol. The maximum Gasteiger partial charge on any atom is 0.307 e. The second-order valence-corrected chi connectivity index (χ2v) is 9.55. The van der Waals surface area contributed by atoms with E-state index in [2.05, 4.69) is 15.9 Å². The van der Waals surface area contributed by atoms with Crippen LogP contribution in [0, 0.1) is 12.8 Å². The highest BCUT2D eigenvalue weighted by Gasteiger charge is 2.38. The number of carboxylic acids is 1. The van der Waals surface area contributed by atoms with Crippen molar-refractivity contribution in [2.24, 2.45) is 5.92 Å². The average molecular weight is 382 g/mol. The van der Waals surface area contributed by atoms with Crippen LogP contribution in [0.5, 0.6) is 0 Å². The second-order valence-electron chi connectivity index (χ2n) is 5.06. The smallest absolute Gasteiger partial charge is 0.307 e. The molecule has 0 aliphatic carbocycles. The van der Waals surface area contributed by atoms with Gasteiger partial charge in [0.1, 0.15) is 4.21 Å². The van der Waals surface area contributed by atoms with E-state index in [4.69, 9.17) is 5.11 Å². The molecule has 1 aliphatic rings. The predicted molar refractivity (Wildman–Crippen MR) is 80.5 cm³/mol. The maximum absolute atomic E-state index is 12.7. The topological polar surface area (TPSA) is 74.7 Å². The van der Waals surface area contributed by atoms with Crippen LogP contribution in [0.15, 0.2) is 14.1 Å². The average Bonchev–Trinajstić information content (AvgIpc) is 2.70. The number of hydrogen-bond acceptors (Lipinski definition) is 4. The number of sulfonamides is 1. The van der Waals surface area contributed by atoms with Gasteiger partial charge in [-0.1, -0.05) is 0 Å². The van der Waals surface area contributed by atoms with Gasteiger partial charge in [0.05, 0.1) is 9.70 Å². The lowest BCUT2D eigenvalue weighted by Gasteiger charge is -2.34. The summed E-state index contributed by atoms with van der Waals surface area (Å²) < 4.78 is 27.7. The van der Waals surface area contributed by atoms with Crippen LogP contribution in [-0.4, -0.2) is 36.4 Å². The number of piperidine rings is 1. The summed E-state index contributed by atoms with van der Waals surface area (Å²) in [6.45, 7) is 3.71. The molecule has 1 aliphatic heterocycles. The Balaban J connectivity index is 2.34. The molecular formula is C12H16BrNO4S2. The third-order valence-corrected chi connectivity index (χ3v) is 8.14. The molecule has 2 heterocycles. The van der Waals surface area contributed by atoms with Gasteiger partial charge in [0.2, 0.25) is 0 Å². The van der Waals surface area contributed by atoms with Crippen molar-refractivity contribution in [2.45, 2.75) is 36.9 Å². The Morgan fingerprint density at radius 1 is 1.50 bits per heavy atom. The van der Waals surface area contributed by atoms with Gasteiger partial charge in [-0.05, 0) is 54.2 Å². The largest absolute Gasteiger partial charge is 0.481 e. The van der Waals surface area contributed by atoms with Crippen LogP contribution in [0.2, 0.25) is 0 Å². The number of aliphatic carboxylic acids is 1. The Bertz CT molecular complexity index is 606.